The summed E-state index contributed by atoms with van der Waals surface area (Å²) in [6, 6.07) is 9.29. The Morgan fingerprint density at radius 1 is 1.27 bits per heavy atom. The first-order chi connectivity index (χ1) is 14.6. The zero-order valence-corrected chi connectivity index (χ0v) is 17.7. The molecular weight excluding hydrogens is 374 g/mol. The molecule has 6 heteroatoms. The second-order valence-corrected chi connectivity index (χ2v) is 9.39. The highest BCUT2D eigenvalue weighted by Gasteiger charge is 2.36. The average Bonchev–Trinajstić information content (AvgIpc) is 2.78. The van der Waals surface area contributed by atoms with Crippen LogP contribution in [-0.4, -0.2) is 71.7 Å². The highest BCUT2D eigenvalue weighted by molar-refractivity contribution is 5.98. The molecule has 2 aromatic rings. The quantitative estimate of drug-likeness (QED) is 0.767. The lowest BCUT2D eigenvalue weighted by Crippen LogP contribution is -2.62. The predicted molar refractivity (Wildman–Crippen MR) is 119 cm³/mol. The monoisotopic (exact) mass is 405 g/mol. The number of hydrogen-bond donors (Lipinski definition) is 2. The van der Waals surface area contributed by atoms with Crippen LogP contribution in [0.4, 0.5) is 0 Å². The Hall–Kier alpha value is -2.31. The molecule has 4 aliphatic rings. The standard InChI is InChI=1S/C24H31N5O/c1-16-9-18(21-7-4-17(10-25)24-22(21)3-2-8-26-24)13-29(12-16)23(30)15-28-14-19-5-6-20(28)11-27-19/h2-4,7-8,10,16,18-20,25,27H,5-6,9,11-15H2,1H3/t16-,18+,19?,20?/m1/s1. The number of aromatic nitrogens is 1. The first kappa shape index (κ1) is 19.6. The van der Waals surface area contributed by atoms with Crippen LogP contribution >= 0.6 is 0 Å². The number of nitrogens with zero attached hydrogens (tertiary/aromatic N) is 3. The van der Waals surface area contributed by atoms with Crippen molar-refractivity contribution in [3.63, 3.8) is 0 Å². The number of piperazine rings is 1. The van der Waals surface area contributed by atoms with Crippen LogP contribution in [0, 0.1) is 11.3 Å². The highest BCUT2D eigenvalue weighted by atomic mass is 16.2. The van der Waals surface area contributed by atoms with Gasteiger partial charge in [0, 0.05) is 67.5 Å². The lowest BCUT2D eigenvalue weighted by Gasteiger charge is -2.46. The number of piperidine rings is 3. The van der Waals surface area contributed by atoms with Gasteiger partial charge in [0.15, 0.2) is 0 Å². The number of rotatable bonds is 4. The minimum absolute atomic E-state index is 0.276. The molecule has 4 saturated heterocycles. The van der Waals surface area contributed by atoms with E-state index >= 15 is 0 Å². The second kappa shape index (κ2) is 8.08. The molecule has 4 fully saturated rings. The van der Waals surface area contributed by atoms with Gasteiger partial charge in [0.05, 0.1) is 12.1 Å². The zero-order valence-electron chi connectivity index (χ0n) is 17.7. The van der Waals surface area contributed by atoms with Crippen LogP contribution in [0.5, 0.6) is 0 Å². The molecule has 0 saturated carbocycles. The van der Waals surface area contributed by atoms with Gasteiger partial charge in [-0.3, -0.25) is 14.7 Å². The molecule has 4 aliphatic heterocycles. The van der Waals surface area contributed by atoms with E-state index in [2.05, 4.69) is 39.2 Å². The molecule has 0 spiro atoms. The smallest absolute Gasteiger partial charge is 0.236 e. The van der Waals surface area contributed by atoms with Crippen LogP contribution in [0.2, 0.25) is 0 Å². The van der Waals surface area contributed by atoms with Gasteiger partial charge in [-0.1, -0.05) is 25.1 Å². The van der Waals surface area contributed by atoms with Crippen molar-refractivity contribution in [3.05, 3.63) is 41.6 Å². The van der Waals surface area contributed by atoms with Crippen molar-refractivity contribution in [2.75, 3.05) is 32.7 Å². The number of nitrogens with one attached hydrogen (secondary N) is 2. The maximum Gasteiger partial charge on any atom is 0.236 e. The number of carbonyl (C=O) groups excluding carboxylic acids is 1. The van der Waals surface area contributed by atoms with Crippen molar-refractivity contribution < 1.29 is 4.79 Å². The largest absolute Gasteiger partial charge is 0.341 e. The molecule has 2 N–H and O–H groups in total. The molecule has 2 unspecified atom stereocenters. The summed E-state index contributed by atoms with van der Waals surface area (Å²) < 4.78 is 0. The van der Waals surface area contributed by atoms with Crippen molar-refractivity contribution in [1.82, 2.24) is 20.1 Å². The normalized spacial score (nSPS) is 29.3. The van der Waals surface area contributed by atoms with Crippen LogP contribution < -0.4 is 5.32 Å². The number of amides is 1. The van der Waals surface area contributed by atoms with Crippen LogP contribution in [0.15, 0.2) is 30.5 Å². The molecule has 4 atom stereocenters. The molecular formula is C24H31N5O. The van der Waals surface area contributed by atoms with Gasteiger partial charge in [0.2, 0.25) is 5.91 Å². The van der Waals surface area contributed by atoms with E-state index in [0.29, 0.717) is 30.5 Å². The van der Waals surface area contributed by atoms with Crippen molar-refractivity contribution in [2.24, 2.45) is 5.92 Å². The van der Waals surface area contributed by atoms with Gasteiger partial charge in [-0.05, 0) is 36.8 Å². The van der Waals surface area contributed by atoms with Crippen molar-refractivity contribution in [2.45, 2.75) is 44.2 Å². The topological polar surface area (TPSA) is 72.3 Å². The van der Waals surface area contributed by atoms with E-state index in [4.69, 9.17) is 5.41 Å². The minimum atomic E-state index is 0.276. The third-order valence-electron chi connectivity index (χ3n) is 7.24. The van der Waals surface area contributed by atoms with Gasteiger partial charge in [-0.2, -0.15) is 0 Å². The first-order valence-electron chi connectivity index (χ1n) is 11.3. The summed E-state index contributed by atoms with van der Waals surface area (Å²) in [7, 11) is 0. The van der Waals surface area contributed by atoms with E-state index in [1.807, 2.05) is 12.1 Å². The van der Waals surface area contributed by atoms with Crippen LogP contribution in [0.25, 0.3) is 10.9 Å². The Morgan fingerprint density at radius 3 is 2.90 bits per heavy atom. The molecule has 6 nitrogen and oxygen atoms in total. The molecule has 1 aromatic carbocycles. The molecule has 1 aromatic heterocycles. The van der Waals surface area contributed by atoms with E-state index in [-0.39, 0.29) is 5.91 Å². The predicted octanol–water partition coefficient (Wildman–Crippen LogP) is 2.62. The third kappa shape index (κ3) is 3.63. The summed E-state index contributed by atoms with van der Waals surface area (Å²) in [6.45, 7) is 6.46. The molecule has 1 amide bonds. The Bertz CT molecular complexity index is 952. The Morgan fingerprint density at radius 2 is 2.17 bits per heavy atom. The number of fused-ring (bicyclic) bond motifs is 4. The van der Waals surface area contributed by atoms with Gasteiger partial charge in [0.1, 0.15) is 0 Å². The molecule has 0 aliphatic carbocycles. The van der Waals surface area contributed by atoms with Crippen LogP contribution in [-0.2, 0) is 4.79 Å². The van der Waals surface area contributed by atoms with Crippen LogP contribution in [0.3, 0.4) is 0 Å². The Labute approximate surface area is 178 Å². The number of benzene rings is 1. The summed E-state index contributed by atoms with van der Waals surface area (Å²) in [6.07, 6.45) is 6.70. The van der Waals surface area contributed by atoms with E-state index in [1.54, 1.807) is 6.20 Å². The maximum absolute atomic E-state index is 13.3. The maximum atomic E-state index is 13.3. The highest BCUT2D eigenvalue weighted by Crippen LogP contribution is 2.35. The van der Waals surface area contributed by atoms with E-state index < -0.39 is 0 Å². The summed E-state index contributed by atoms with van der Waals surface area (Å²) in [4.78, 5) is 22.3. The average molecular weight is 406 g/mol. The van der Waals surface area contributed by atoms with Gasteiger partial charge in [-0.25, -0.2) is 0 Å². The summed E-state index contributed by atoms with van der Waals surface area (Å²) in [5.41, 5.74) is 2.99. The van der Waals surface area contributed by atoms with Gasteiger partial charge >= 0.3 is 0 Å². The molecule has 6 rings (SSSR count). The minimum Gasteiger partial charge on any atom is -0.341 e. The van der Waals surface area contributed by atoms with Gasteiger partial charge < -0.3 is 15.6 Å². The van der Waals surface area contributed by atoms with E-state index in [0.717, 1.165) is 49.1 Å². The third-order valence-corrected chi connectivity index (χ3v) is 7.24. The molecule has 5 heterocycles. The van der Waals surface area contributed by atoms with E-state index in [9.17, 15) is 4.79 Å². The number of hydrogen-bond acceptors (Lipinski definition) is 5. The summed E-state index contributed by atoms with van der Waals surface area (Å²) >= 11 is 0. The van der Waals surface area contributed by atoms with Crippen molar-refractivity contribution >= 4 is 23.0 Å². The lowest BCUT2D eigenvalue weighted by atomic mass is 9.83. The first-order valence-corrected chi connectivity index (χ1v) is 11.3. The Kier molecular flexibility index (Phi) is 5.29. The lowest BCUT2D eigenvalue weighted by molar-refractivity contribution is -0.136. The fourth-order valence-corrected chi connectivity index (χ4v) is 5.74. The summed E-state index contributed by atoms with van der Waals surface area (Å²) in [5.74, 6) is 1.06. The van der Waals surface area contributed by atoms with Crippen molar-refractivity contribution in [3.8, 4) is 0 Å². The van der Waals surface area contributed by atoms with Crippen LogP contribution in [0.1, 0.15) is 43.2 Å². The van der Waals surface area contributed by atoms with Gasteiger partial charge in [0.25, 0.3) is 0 Å². The number of likely N-dealkylation sites (tertiary alicyclic amines) is 1. The SMILES string of the molecule is C[C@@H]1C[C@H](c2ccc(C=N)c3ncccc23)CN(C(=O)CN2CC3CCC2CN3)C1. The van der Waals surface area contributed by atoms with Crippen molar-refractivity contribution in [1.29, 1.82) is 5.41 Å². The fraction of sp³-hybridized carbons (Fsp3) is 0.542. The van der Waals surface area contributed by atoms with Gasteiger partial charge in [-0.15, -0.1) is 0 Å². The zero-order chi connectivity index (χ0) is 20.7. The molecule has 158 valence electrons. The molecule has 2 bridgehead atoms. The van der Waals surface area contributed by atoms with E-state index in [1.165, 1.54) is 24.6 Å². The summed E-state index contributed by atoms with van der Waals surface area (Å²) in [5, 5.41) is 12.4. The fourth-order valence-electron chi connectivity index (χ4n) is 5.74. The Balaban J connectivity index is 1.36. The molecule has 0 radical (unpaired) electrons. The number of carbonyl (C=O) groups is 1. The molecule has 30 heavy (non-hydrogen) atoms. The second-order valence-electron chi connectivity index (χ2n) is 9.39. The number of pyridine rings is 1.